The topological polar surface area (TPSA) is 81.1 Å². The Bertz CT molecular complexity index is 794. The molecule has 3 heterocycles. The van der Waals surface area contributed by atoms with E-state index in [1.165, 1.54) is 0 Å². The summed E-state index contributed by atoms with van der Waals surface area (Å²) in [5.41, 5.74) is 1.15. The van der Waals surface area contributed by atoms with E-state index in [1.807, 2.05) is 24.4 Å². The maximum absolute atomic E-state index is 12.2. The van der Waals surface area contributed by atoms with Gasteiger partial charge in [0, 0.05) is 6.54 Å². The van der Waals surface area contributed by atoms with Crippen LogP contribution in [-0.4, -0.2) is 42.2 Å². The van der Waals surface area contributed by atoms with Gasteiger partial charge in [-0.25, -0.2) is 8.42 Å². The molecule has 0 spiro atoms. The molecule has 0 radical (unpaired) electrons. The van der Waals surface area contributed by atoms with E-state index >= 15 is 0 Å². The summed E-state index contributed by atoms with van der Waals surface area (Å²) in [7, 11) is -3.01. The van der Waals surface area contributed by atoms with Crippen LogP contribution in [0.1, 0.15) is 36.3 Å². The van der Waals surface area contributed by atoms with Crippen molar-refractivity contribution in [2.24, 2.45) is 0 Å². The van der Waals surface area contributed by atoms with Gasteiger partial charge in [-0.05, 0) is 30.4 Å². The molecule has 2 aromatic rings. The highest BCUT2D eigenvalue weighted by molar-refractivity contribution is 7.91. The number of carbonyl (C=O) groups is 1. The second kappa shape index (κ2) is 6.45. The van der Waals surface area contributed by atoms with E-state index in [4.69, 9.17) is 0 Å². The van der Waals surface area contributed by atoms with Gasteiger partial charge in [0.2, 0.25) is 0 Å². The van der Waals surface area contributed by atoms with Crippen molar-refractivity contribution >= 4 is 27.1 Å². The molecule has 0 saturated carbocycles. The van der Waals surface area contributed by atoms with Crippen LogP contribution in [0, 0.1) is 0 Å². The van der Waals surface area contributed by atoms with Crippen molar-refractivity contribution in [1.82, 2.24) is 15.1 Å². The predicted molar refractivity (Wildman–Crippen MR) is 90.5 cm³/mol. The second-order valence-corrected chi connectivity index (χ2v) is 8.83. The highest BCUT2D eigenvalue weighted by Crippen LogP contribution is 2.32. The van der Waals surface area contributed by atoms with Crippen molar-refractivity contribution in [3.05, 3.63) is 29.3 Å². The molecule has 0 bridgehead atoms. The number of thiophene rings is 1. The first kappa shape index (κ1) is 16.2. The normalized spacial score (nSPS) is 19.8. The van der Waals surface area contributed by atoms with Crippen LogP contribution in [0.25, 0.3) is 10.6 Å². The molecule has 3 rings (SSSR count). The summed E-state index contributed by atoms with van der Waals surface area (Å²) < 4.78 is 25.3. The summed E-state index contributed by atoms with van der Waals surface area (Å²) in [5, 5.41) is 9.18. The molecule has 1 N–H and O–H groups in total. The SMILES string of the molecule is CCCNC(=O)c1cc(-c2cccs2)n([C@H]2CCS(=O)(=O)C2)n1. The smallest absolute Gasteiger partial charge is 0.271 e. The molecule has 0 aliphatic carbocycles. The largest absolute Gasteiger partial charge is 0.351 e. The van der Waals surface area contributed by atoms with Gasteiger partial charge >= 0.3 is 0 Å². The molecule has 1 aliphatic rings. The van der Waals surface area contributed by atoms with Crippen LogP contribution in [-0.2, 0) is 9.84 Å². The first-order valence-electron chi connectivity index (χ1n) is 7.62. The minimum atomic E-state index is -3.01. The lowest BCUT2D eigenvalue weighted by Crippen LogP contribution is -2.25. The fourth-order valence-corrected chi connectivity index (χ4v) is 5.12. The lowest BCUT2D eigenvalue weighted by Gasteiger charge is -2.12. The van der Waals surface area contributed by atoms with Crippen LogP contribution < -0.4 is 5.32 Å². The molecule has 0 aromatic carbocycles. The molecule has 1 saturated heterocycles. The number of sulfone groups is 1. The Balaban J connectivity index is 1.96. The zero-order valence-corrected chi connectivity index (χ0v) is 14.5. The highest BCUT2D eigenvalue weighted by Gasteiger charge is 2.32. The minimum Gasteiger partial charge on any atom is -0.351 e. The number of nitrogens with one attached hydrogen (secondary N) is 1. The number of carbonyl (C=O) groups excluding carboxylic acids is 1. The molecular weight excluding hydrogens is 334 g/mol. The number of hydrogen-bond donors (Lipinski definition) is 1. The molecule has 1 amide bonds. The van der Waals surface area contributed by atoms with Gasteiger partial charge < -0.3 is 5.32 Å². The molecule has 6 nitrogen and oxygen atoms in total. The average Bonchev–Trinajstić information content (AvgIpc) is 3.22. The minimum absolute atomic E-state index is 0.0864. The highest BCUT2D eigenvalue weighted by atomic mass is 32.2. The molecule has 23 heavy (non-hydrogen) atoms. The van der Waals surface area contributed by atoms with E-state index in [1.54, 1.807) is 22.1 Å². The zero-order valence-electron chi connectivity index (χ0n) is 12.9. The Morgan fingerprint density at radius 2 is 2.35 bits per heavy atom. The van der Waals surface area contributed by atoms with Gasteiger partial charge in [0.25, 0.3) is 5.91 Å². The molecule has 2 aromatic heterocycles. The summed E-state index contributed by atoms with van der Waals surface area (Å²) in [6, 6.07) is 5.43. The fraction of sp³-hybridized carbons (Fsp3) is 0.467. The lowest BCUT2D eigenvalue weighted by atomic mass is 10.2. The maximum Gasteiger partial charge on any atom is 0.271 e. The molecule has 8 heteroatoms. The van der Waals surface area contributed by atoms with Crippen molar-refractivity contribution < 1.29 is 13.2 Å². The third-order valence-electron chi connectivity index (χ3n) is 3.83. The number of aromatic nitrogens is 2. The monoisotopic (exact) mass is 353 g/mol. The van der Waals surface area contributed by atoms with Gasteiger partial charge in [-0.2, -0.15) is 5.10 Å². The second-order valence-electron chi connectivity index (χ2n) is 5.65. The number of amides is 1. The van der Waals surface area contributed by atoms with Crippen molar-refractivity contribution in [2.75, 3.05) is 18.1 Å². The maximum atomic E-state index is 12.2. The van der Waals surface area contributed by atoms with Crippen LogP contribution in [0.3, 0.4) is 0 Å². The van der Waals surface area contributed by atoms with Crippen LogP contribution in [0.15, 0.2) is 23.6 Å². The van der Waals surface area contributed by atoms with E-state index in [-0.39, 0.29) is 23.5 Å². The average molecular weight is 353 g/mol. The quantitative estimate of drug-likeness (QED) is 0.893. The standard InChI is InChI=1S/C15H19N3O3S2/c1-2-6-16-15(19)12-9-13(14-4-3-7-22-14)18(17-12)11-5-8-23(20,21)10-11/h3-4,7,9,11H,2,5-6,8,10H2,1H3,(H,16,19)/t11-/m0/s1. The summed E-state index contributed by atoms with van der Waals surface area (Å²) in [4.78, 5) is 13.2. The van der Waals surface area contributed by atoms with Crippen LogP contribution in [0.4, 0.5) is 0 Å². The number of nitrogens with zero attached hydrogens (tertiary/aromatic N) is 2. The van der Waals surface area contributed by atoms with E-state index in [0.29, 0.717) is 18.7 Å². The van der Waals surface area contributed by atoms with Gasteiger partial charge in [-0.3, -0.25) is 9.48 Å². The van der Waals surface area contributed by atoms with Crippen LogP contribution in [0.2, 0.25) is 0 Å². The first-order valence-corrected chi connectivity index (χ1v) is 10.3. The van der Waals surface area contributed by atoms with E-state index in [2.05, 4.69) is 10.4 Å². The van der Waals surface area contributed by atoms with Gasteiger partial charge in [-0.15, -0.1) is 11.3 Å². The Morgan fingerprint density at radius 3 is 2.96 bits per heavy atom. The third-order valence-corrected chi connectivity index (χ3v) is 6.47. The Hall–Kier alpha value is -1.67. The van der Waals surface area contributed by atoms with Gasteiger partial charge in [0.15, 0.2) is 15.5 Å². The fourth-order valence-electron chi connectivity index (χ4n) is 2.69. The van der Waals surface area contributed by atoms with Crippen LogP contribution >= 0.6 is 11.3 Å². The summed E-state index contributed by atoms with van der Waals surface area (Å²) in [5.74, 6) is 0.0474. The molecule has 0 unspecified atom stereocenters. The van der Waals surface area contributed by atoms with Crippen LogP contribution in [0.5, 0.6) is 0 Å². The van der Waals surface area contributed by atoms with E-state index < -0.39 is 9.84 Å². The van der Waals surface area contributed by atoms with Crippen molar-refractivity contribution in [1.29, 1.82) is 0 Å². The third kappa shape index (κ3) is 3.48. The Labute approximate surface area is 139 Å². The van der Waals surface area contributed by atoms with E-state index in [0.717, 1.165) is 17.0 Å². The molecule has 124 valence electrons. The summed E-state index contributed by atoms with van der Waals surface area (Å²) in [6.45, 7) is 2.58. The lowest BCUT2D eigenvalue weighted by molar-refractivity contribution is 0.0947. The zero-order chi connectivity index (χ0) is 16.4. The van der Waals surface area contributed by atoms with Crippen molar-refractivity contribution in [3.63, 3.8) is 0 Å². The number of hydrogen-bond acceptors (Lipinski definition) is 5. The molecular formula is C15H19N3O3S2. The van der Waals surface area contributed by atoms with E-state index in [9.17, 15) is 13.2 Å². The van der Waals surface area contributed by atoms with Crippen molar-refractivity contribution in [2.45, 2.75) is 25.8 Å². The predicted octanol–water partition coefficient (Wildman–Crippen LogP) is 2.11. The summed E-state index contributed by atoms with van der Waals surface area (Å²) >= 11 is 1.55. The summed E-state index contributed by atoms with van der Waals surface area (Å²) in [6.07, 6.45) is 1.39. The molecule has 1 fully saturated rings. The number of rotatable bonds is 5. The molecule has 1 atom stereocenters. The Kier molecular flexibility index (Phi) is 4.54. The van der Waals surface area contributed by atoms with Gasteiger partial charge in [0.05, 0.1) is 28.1 Å². The Morgan fingerprint density at radius 1 is 1.52 bits per heavy atom. The first-order chi connectivity index (χ1) is 11.0. The molecule has 1 aliphatic heterocycles. The van der Waals surface area contributed by atoms with Gasteiger partial charge in [-0.1, -0.05) is 13.0 Å². The van der Waals surface area contributed by atoms with Gasteiger partial charge in [0.1, 0.15) is 0 Å². The van der Waals surface area contributed by atoms with Crippen molar-refractivity contribution in [3.8, 4) is 10.6 Å².